The summed E-state index contributed by atoms with van der Waals surface area (Å²) in [7, 11) is 0. The van der Waals surface area contributed by atoms with Crippen molar-refractivity contribution in [2.45, 2.75) is 12.8 Å². The average molecular weight is 386 g/mol. The first kappa shape index (κ1) is 20.2. The molecule has 140 valence electrons. The van der Waals surface area contributed by atoms with Crippen molar-refractivity contribution in [3.8, 4) is 0 Å². The van der Waals surface area contributed by atoms with E-state index in [1.54, 1.807) is 48.5 Å². The molecule has 0 fully saturated rings. The van der Waals surface area contributed by atoms with Gasteiger partial charge in [0.15, 0.2) is 0 Å². The van der Waals surface area contributed by atoms with E-state index in [9.17, 15) is 19.5 Å². The van der Waals surface area contributed by atoms with Gasteiger partial charge in [-0.1, -0.05) is 54.1 Å². The molecule has 7 heteroatoms. The lowest BCUT2D eigenvalue weighted by molar-refractivity contribution is -0.305. The van der Waals surface area contributed by atoms with Crippen LogP contribution in [-0.2, 0) is 9.59 Å². The first-order chi connectivity index (χ1) is 13.0. The number of carbonyl (C=O) groups is 3. The van der Waals surface area contributed by atoms with Crippen molar-refractivity contribution < 1.29 is 19.5 Å². The van der Waals surface area contributed by atoms with E-state index in [4.69, 9.17) is 11.6 Å². The molecule has 0 aliphatic rings. The molecule has 2 aromatic carbocycles. The molecule has 2 N–H and O–H groups in total. The molecule has 2 amide bonds. The molecule has 0 aliphatic carbocycles. The second kappa shape index (κ2) is 10.1. The second-order valence-electron chi connectivity index (χ2n) is 5.63. The summed E-state index contributed by atoms with van der Waals surface area (Å²) in [4.78, 5) is 35.4. The number of hydrogen-bond acceptors (Lipinski definition) is 4. The van der Waals surface area contributed by atoms with Gasteiger partial charge in [0.05, 0.1) is 10.6 Å². The van der Waals surface area contributed by atoms with Gasteiger partial charge < -0.3 is 20.5 Å². The molecule has 0 bridgehead atoms. The van der Waals surface area contributed by atoms with E-state index in [2.05, 4.69) is 10.6 Å². The lowest BCUT2D eigenvalue weighted by Gasteiger charge is -2.12. The van der Waals surface area contributed by atoms with Gasteiger partial charge in [0.2, 0.25) is 0 Å². The number of amides is 2. The van der Waals surface area contributed by atoms with Crippen LogP contribution in [0.1, 0.15) is 28.8 Å². The fourth-order valence-electron chi connectivity index (χ4n) is 2.24. The number of benzene rings is 2. The number of carboxylic acid groups (broad SMARTS) is 1. The number of carboxylic acids is 1. The maximum absolute atomic E-state index is 12.5. The Morgan fingerprint density at radius 1 is 1.00 bits per heavy atom. The molecule has 0 unspecified atom stereocenters. The molecule has 6 nitrogen and oxygen atoms in total. The maximum atomic E-state index is 12.5. The van der Waals surface area contributed by atoms with Gasteiger partial charge in [0, 0.05) is 12.5 Å². The minimum absolute atomic E-state index is 0.0274. The van der Waals surface area contributed by atoms with E-state index in [1.807, 2.05) is 6.07 Å². The highest BCUT2D eigenvalue weighted by Gasteiger charge is 2.16. The van der Waals surface area contributed by atoms with Crippen molar-refractivity contribution in [2.75, 3.05) is 6.54 Å². The zero-order valence-electron chi connectivity index (χ0n) is 14.4. The van der Waals surface area contributed by atoms with E-state index in [0.29, 0.717) is 0 Å². The number of nitrogens with one attached hydrogen (secondary N) is 2. The highest BCUT2D eigenvalue weighted by Crippen LogP contribution is 2.15. The van der Waals surface area contributed by atoms with Crippen LogP contribution in [0.2, 0.25) is 5.02 Å². The number of aliphatic carboxylic acids is 1. The summed E-state index contributed by atoms with van der Waals surface area (Å²) in [6, 6.07) is 15.5. The Hall–Kier alpha value is -3.12. The fourth-order valence-corrected chi connectivity index (χ4v) is 2.46. The first-order valence-electron chi connectivity index (χ1n) is 8.28. The van der Waals surface area contributed by atoms with Crippen molar-refractivity contribution in [3.63, 3.8) is 0 Å². The molecule has 0 atom stereocenters. The minimum Gasteiger partial charge on any atom is -0.550 e. The van der Waals surface area contributed by atoms with Crippen LogP contribution in [0.15, 0.2) is 60.3 Å². The number of carbonyl (C=O) groups excluding carboxylic acids is 3. The van der Waals surface area contributed by atoms with E-state index in [-0.39, 0.29) is 35.7 Å². The van der Waals surface area contributed by atoms with Gasteiger partial charge in [-0.15, -0.1) is 0 Å². The van der Waals surface area contributed by atoms with Gasteiger partial charge in [-0.05, 0) is 36.6 Å². The van der Waals surface area contributed by atoms with Crippen LogP contribution in [0.3, 0.4) is 0 Å². The van der Waals surface area contributed by atoms with Crippen molar-refractivity contribution in [1.29, 1.82) is 0 Å². The standard InChI is InChI=1S/C20H19ClN2O4/c21-16-10-5-4-9-15(16)19(26)23-17(13-14-7-2-1-3-8-14)20(27)22-12-6-11-18(24)25/h1-5,7-10,13H,6,11-12H2,(H,22,27)(H,23,26)(H,24,25)/p-1/b17-13-. The summed E-state index contributed by atoms with van der Waals surface area (Å²) in [5.41, 5.74) is 0.985. The Morgan fingerprint density at radius 2 is 1.67 bits per heavy atom. The summed E-state index contributed by atoms with van der Waals surface area (Å²) in [6.45, 7) is 0.140. The van der Waals surface area contributed by atoms with Crippen molar-refractivity contribution in [2.24, 2.45) is 0 Å². The minimum atomic E-state index is -1.18. The SMILES string of the molecule is O=C([O-])CCCNC(=O)/C(=C/c1ccccc1)NC(=O)c1ccccc1Cl. The first-order valence-corrected chi connectivity index (χ1v) is 8.66. The van der Waals surface area contributed by atoms with E-state index >= 15 is 0 Å². The van der Waals surface area contributed by atoms with E-state index in [0.717, 1.165) is 5.56 Å². The van der Waals surface area contributed by atoms with Gasteiger partial charge in [-0.3, -0.25) is 9.59 Å². The van der Waals surface area contributed by atoms with Gasteiger partial charge in [-0.2, -0.15) is 0 Å². The Bertz CT molecular complexity index is 850. The smallest absolute Gasteiger partial charge is 0.267 e. The highest BCUT2D eigenvalue weighted by molar-refractivity contribution is 6.34. The molecule has 0 saturated heterocycles. The van der Waals surface area contributed by atoms with Crippen LogP contribution in [-0.4, -0.2) is 24.3 Å². The van der Waals surface area contributed by atoms with E-state index in [1.165, 1.54) is 6.08 Å². The van der Waals surface area contributed by atoms with Gasteiger partial charge in [-0.25, -0.2) is 0 Å². The van der Waals surface area contributed by atoms with E-state index < -0.39 is 17.8 Å². The maximum Gasteiger partial charge on any atom is 0.267 e. The van der Waals surface area contributed by atoms with Gasteiger partial charge >= 0.3 is 0 Å². The zero-order valence-corrected chi connectivity index (χ0v) is 15.2. The van der Waals surface area contributed by atoms with Crippen LogP contribution >= 0.6 is 11.6 Å². The number of hydrogen-bond donors (Lipinski definition) is 2. The normalized spacial score (nSPS) is 10.9. The molecule has 0 aliphatic heterocycles. The quantitative estimate of drug-likeness (QED) is 0.534. The van der Waals surface area contributed by atoms with Crippen molar-refractivity contribution in [3.05, 3.63) is 76.4 Å². The molecule has 2 rings (SSSR count). The van der Waals surface area contributed by atoms with Crippen LogP contribution in [0.4, 0.5) is 0 Å². The zero-order chi connectivity index (χ0) is 19.6. The molecule has 0 spiro atoms. The summed E-state index contributed by atoms with van der Waals surface area (Å²) < 4.78 is 0. The molecule has 0 radical (unpaired) electrons. The van der Waals surface area contributed by atoms with Crippen molar-refractivity contribution in [1.82, 2.24) is 10.6 Å². The third kappa shape index (κ3) is 6.60. The average Bonchev–Trinajstić information content (AvgIpc) is 2.65. The van der Waals surface area contributed by atoms with Crippen molar-refractivity contribution >= 4 is 35.5 Å². The highest BCUT2D eigenvalue weighted by atomic mass is 35.5. The Balaban J connectivity index is 2.16. The Kier molecular flexibility index (Phi) is 7.58. The van der Waals surface area contributed by atoms with Crippen LogP contribution in [0.25, 0.3) is 6.08 Å². The summed E-state index contributed by atoms with van der Waals surface area (Å²) in [5, 5.41) is 15.9. The lowest BCUT2D eigenvalue weighted by Crippen LogP contribution is -2.35. The van der Waals surface area contributed by atoms with Crippen LogP contribution in [0, 0.1) is 0 Å². The monoisotopic (exact) mass is 385 g/mol. The third-order valence-electron chi connectivity index (χ3n) is 3.57. The molecular weight excluding hydrogens is 368 g/mol. The molecule has 27 heavy (non-hydrogen) atoms. The molecule has 0 heterocycles. The molecular formula is C20H18ClN2O4-. The second-order valence-corrected chi connectivity index (χ2v) is 6.04. The molecule has 2 aromatic rings. The topological polar surface area (TPSA) is 98.3 Å². The number of rotatable bonds is 8. The summed E-state index contributed by atoms with van der Waals surface area (Å²) >= 11 is 6.03. The van der Waals surface area contributed by atoms with Gasteiger partial charge in [0.25, 0.3) is 11.8 Å². The fraction of sp³-hybridized carbons (Fsp3) is 0.150. The number of halogens is 1. The van der Waals surface area contributed by atoms with Gasteiger partial charge in [0.1, 0.15) is 5.70 Å². The third-order valence-corrected chi connectivity index (χ3v) is 3.89. The van der Waals surface area contributed by atoms with Crippen LogP contribution in [0.5, 0.6) is 0 Å². The molecule has 0 aromatic heterocycles. The Labute approximate surface area is 161 Å². The Morgan fingerprint density at radius 3 is 2.33 bits per heavy atom. The lowest BCUT2D eigenvalue weighted by atomic mass is 10.1. The predicted molar refractivity (Wildman–Crippen MR) is 101 cm³/mol. The largest absolute Gasteiger partial charge is 0.550 e. The predicted octanol–water partition coefficient (Wildman–Crippen LogP) is 1.76. The van der Waals surface area contributed by atoms with Crippen LogP contribution < -0.4 is 15.7 Å². The molecule has 0 saturated carbocycles. The summed E-state index contributed by atoms with van der Waals surface area (Å²) in [5.74, 6) is -2.23. The summed E-state index contributed by atoms with van der Waals surface area (Å²) in [6.07, 6.45) is 1.60.